The number of benzene rings is 1. The number of hydrogen-bond donors (Lipinski definition) is 1. The molecular weight excluding hydrogens is 293 g/mol. The van der Waals surface area contributed by atoms with Crippen LogP contribution in [-0.2, 0) is 11.2 Å². The molecule has 1 aliphatic heterocycles. The minimum Gasteiger partial charge on any atom is -0.333 e. The Kier molecular flexibility index (Phi) is 5.45. The van der Waals surface area contributed by atoms with Gasteiger partial charge >= 0.3 is 6.18 Å². The molecule has 122 valence electrons. The van der Waals surface area contributed by atoms with Crippen molar-refractivity contribution < 1.29 is 18.0 Å². The number of rotatable bonds is 5. The molecule has 1 atom stereocenters. The highest BCUT2D eigenvalue weighted by atomic mass is 19.4. The van der Waals surface area contributed by atoms with E-state index in [1.807, 2.05) is 31.2 Å². The van der Waals surface area contributed by atoms with Crippen molar-refractivity contribution in [1.29, 1.82) is 0 Å². The predicted molar refractivity (Wildman–Crippen MR) is 78.5 cm³/mol. The van der Waals surface area contributed by atoms with Crippen LogP contribution >= 0.6 is 0 Å². The normalized spacial score (nSPS) is 18.5. The highest BCUT2D eigenvalue weighted by Crippen LogP contribution is 2.20. The molecule has 6 heteroatoms. The first-order valence-electron chi connectivity index (χ1n) is 7.47. The van der Waals surface area contributed by atoms with Crippen LogP contribution < -0.4 is 5.32 Å². The Morgan fingerprint density at radius 3 is 2.55 bits per heavy atom. The molecule has 22 heavy (non-hydrogen) atoms. The number of aryl methyl sites for hydroxylation is 1. The molecule has 0 spiro atoms. The van der Waals surface area contributed by atoms with Crippen LogP contribution in [-0.4, -0.2) is 43.2 Å². The summed E-state index contributed by atoms with van der Waals surface area (Å²) in [7, 11) is 0. The van der Waals surface area contributed by atoms with Gasteiger partial charge < -0.3 is 10.2 Å². The number of alkyl halides is 3. The van der Waals surface area contributed by atoms with Crippen molar-refractivity contribution in [2.24, 2.45) is 5.92 Å². The van der Waals surface area contributed by atoms with Gasteiger partial charge in [-0.05, 0) is 31.9 Å². The van der Waals surface area contributed by atoms with Crippen molar-refractivity contribution in [1.82, 2.24) is 10.2 Å². The Morgan fingerprint density at radius 1 is 1.32 bits per heavy atom. The van der Waals surface area contributed by atoms with Crippen LogP contribution in [0, 0.1) is 12.8 Å². The number of nitrogens with zero attached hydrogens (tertiary/aromatic N) is 1. The third kappa shape index (κ3) is 5.02. The van der Waals surface area contributed by atoms with Crippen molar-refractivity contribution in [2.45, 2.75) is 25.9 Å². The van der Waals surface area contributed by atoms with Crippen molar-refractivity contribution in [3.63, 3.8) is 0 Å². The molecule has 0 bridgehead atoms. The third-order valence-corrected chi connectivity index (χ3v) is 3.88. The summed E-state index contributed by atoms with van der Waals surface area (Å²) >= 11 is 0. The number of carbonyl (C=O) groups excluding carboxylic acids is 1. The largest absolute Gasteiger partial charge is 0.406 e. The van der Waals surface area contributed by atoms with Crippen LogP contribution in [0.4, 0.5) is 13.2 Å². The van der Waals surface area contributed by atoms with E-state index in [-0.39, 0.29) is 12.5 Å². The van der Waals surface area contributed by atoms with Crippen molar-refractivity contribution >= 4 is 5.91 Å². The molecule has 0 aliphatic carbocycles. The average Bonchev–Trinajstić information content (AvgIpc) is 2.97. The molecule has 0 aromatic heterocycles. The second kappa shape index (κ2) is 7.13. The lowest BCUT2D eigenvalue weighted by Crippen LogP contribution is -2.43. The minimum atomic E-state index is -4.37. The fourth-order valence-corrected chi connectivity index (χ4v) is 2.63. The SMILES string of the molecule is Cc1ccc(CCN(CC(F)(F)F)C(=O)C2CCNC2)cc1. The van der Waals surface area contributed by atoms with Gasteiger partial charge in [-0.1, -0.05) is 29.8 Å². The monoisotopic (exact) mass is 314 g/mol. The minimum absolute atomic E-state index is 0.0951. The Morgan fingerprint density at radius 2 is 2.00 bits per heavy atom. The lowest BCUT2D eigenvalue weighted by atomic mass is 10.1. The quantitative estimate of drug-likeness (QED) is 0.906. The maximum absolute atomic E-state index is 12.7. The Hall–Kier alpha value is -1.56. The standard InChI is InChI=1S/C16H21F3N2O/c1-12-2-4-13(5-3-12)7-9-21(11-16(17,18)19)15(22)14-6-8-20-10-14/h2-5,14,20H,6-11H2,1H3. The topological polar surface area (TPSA) is 32.3 Å². The van der Waals surface area contributed by atoms with Gasteiger partial charge in [0.25, 0.3) is 0 Å². The summed E-state index contributed by atoms with van der Waals surface area (Å²) in [6.45, 7) is 2.04. The number of hydrogen-bond acceptors (Lipinski definition) is 2. The summed E-state index contributed by atoms with van der Waals surface area (Å²) < 4.78 is 38.2. The summed E-state index contributed by atoms with van der Waals surface area (Å²) in [5.41, 5.74) is 2.04. The molecule has 1 aromatic rings. The number of halogens is 3. The summed E-state index contributed by atoms with van der Waals surface area (Å²) in [5.74, 6) is -0.727. The number of carbonyl (C=O) groups is 1. The molecule has 0 saturated carbocycles. The van der Waals surface area contributed by atoms with E-state index in [1.54, 1.807) is 0 Å². The molecule has 1 saturated heterocycles. The summed E-state index contributed by atoms with van der Waals surface area (Å²) in [5, 5.41) is 3.02. The van der Waals surface area contributed by atoms with E-state index < -0.39 is 18.6 Å². The Balaban J connectivity index is 2.00. The van der Waals surface area contributed by atoms with Crippen LogP contribution in [0.5, 0.6) is 0 Å². The van der Waals surface area contributed by atoms with E-state index in [9.17, 15) is 18.0 Å². The molecule has 3 nitrogen and oxygen atoms in total. The van der Waals surface area contributed by atoms with E-state index in [0.717, 1.165) is 16.0 Å². The smallest absolute Gasteiger partial charge is 0.333 e. The van der Waals surface area contributed by atoms with E-state index in [0.29, 0.717) is 25.9 Å². The lowest BCUT2D eigenvalue weighted by molar-refractivity contribution is -0.163. The van der Waals surface area contributed by atoms with Crippen molar-refractivity contribution in [2.75, 3.05) is 26.2 Å². The van der Waals surface area contributed by atoms with Gasteiger partial charge in [0.15, 0.2) is 0 Å². The lowest BCUT2D eigenvalue weighted by Gasteiger charge is -2.26. The van der Waals surface area contributed by atoms with Gasteiger partial charge in [0.2, 0.25) is 5.91 Å². The van der Waals surface area contributed by atoms with Gasteiger partial charge in [0.1, 0.15) is 6.54 Å². The van der Waals surface area contributed by atoms with Gasteiger partial charge in [-0.3, -0.25) is 4.79 Å². The van der Waals surface area contributed by atoms with Crippen molar-refractivity contribution in [3.05, 3.63) is 35.4 Å². The van der Waals surface area contributed by atoms with E-state index in [1.165, 1.54) is 0 Å². The molecule has 1 heterocycles. The van der Waals surface area contributed by atoms with Crippen LogP contribution in [0.3, 0.4) is 0 Å². The highest BCUT2D eigenvalue weighted by Gasteiger charge is 2.35. The highest BCUT2D eigenvalue weighted by molar-refractivity contribution is 5.79. The van der Waals surface area contributed by atoms with Gasteiger partial charge in [-0.25, -0.2) is 0 Å². The summed E-state index contributed by atoms with van der Waals surface area (Å²) in [6.07, 6.45) is -3.32. The maximum atomic E-state index is 12.7. The molecule has 2 rings (SSSR count). The first-order valence-corrected chi connectivity index (χ1v) is 7.47. The van der Waals surface area contributed by atoms with Crippen molar-refractivity contribution in [3.8, 4) is 0 Å². The zero-order chi connectivity index (χ0) is 16.2. The third-order valence-electron chi connectivity index (χ3n) is 3.88. The van der Waals surface area contributed by atoms with Crippen LogP contribution in [0.1, 0.15) is 17.5 Å². The number of amides is 1. The zero-order valence-electron chi connectivity index (χ0n) is 12.6. The second-order valence-electron chi connectivity index (χ2n) is 5.80. The van der Waals surface area contributed by atoms with Crippen LogP contribution in [0.15, 0.2) is 24.3 Å². The molecule has 1 unspecified atom stereocenters. The first-order chi connectivity index (χ1) is 10.3. The molecule has 1 aliphatic rings. The second-order valence-corrected chi connectivity index (χ2v) is 5.80. The predicted octanol–water partition coefficient (Wildman–Crippen LogP) is 2.54. The van der Waals surface area contributed by atoms with Gasteiger partial charge in [-0.15, -0.1) is 0 Å². The first kappa shape index (κ1) is 16.8. The molecule has 0 radical (unpaired) electrons. The zero-order valence-corrected chi connectivity index (χ0v) is 12.6. The molecule has 1 aromatic carbocycles. The molecule has 1 amide bonds. The summed E-state index contributed by atoms with van der Waals surface area (Å²) in [4.78, 5) is 13.2. The van der Waals surface area contributed by atoms with Gasteiger partial charge in [-0.2, -0.15) is 13.2 Å². The Bertz CT molecular complexity index is 493. The van der Waals surface area contributed by atoms with Crippen LogP contribution in [0.25, 0.3) is 0 Å². The van der Waals surface area contributed by atoms with E-state index >= 15 is 0 Å². The van der Waals surface area contributed by atoms with Gasteiger partial charge in [0, 0.05) is 13.1 Å². The van der Waals surface area contributed by atoms with Gasteiger partial charge in [0.05, 0.1) is 5.92 Å². The summed E-state index contributed by atoms with van der Waals surface area (Å²) in [6, 6.07) is 7.63. The molecule has 1 N–H and O–H groups in total. The van der Waals surface area contributed by atoms with E-state index in [4.69, 9.17) is 0 Å². The maximum Gasteiger partial charge on any atom is 0.406 e. The average molecular weight is 314 g/mol. The molecular formula is C16H21F3N2O. The van der Waals surface area contributed by atoms with Crippen LogP contribution in [0.2, 0.25) is 0 Å². The fourth-order valence-electron chi connectivity index (χ4n) is 2.63. The molecule has 1 fully saturated rings. The number of nitrogens with one attached hydrogen (secondary N) is 1. The fraction of sp³-hybridized carbons (Fsp3) is 0.562. The Labute approximate surface area is 128 Å². The van der Waals surface area contributed by atoms with E-state index in [2.05, 4.69) is 5.32 Å².